The van der Waals surface area contributed by atoms with Gasteiger partial charge in [-0.2, -0.15) is 5.26 Å². The first-order valence-electron chi connectivity index (χ1n) is 8.63. The largest absolute Gasteiger partial charge is 0.545 e. The normalized spacial score (nSPS) is 11.5. The van der Waals surface area contributed by atoms with E-state index in [1.54, 1.807) is 29.0 Å². The summed E-state index contributed by atoms with van der Waals surface area (Å²) in [6.07, 6.45) is 3.52. The third kappa shape index (κ3) is 3.17. The third-order valence-corrected chi connectivity index (χ3v) is 4.45. The van der Waals surface area contributed by atoms with Crippen LogP contribution in [-0.4, -0.2) is 20.5 Å². The first kappa shape index (κ1) is 17.3. The fraction of sp³-hybridized carbons (Fsp3) is 0.0455. The van der Waals surface area contributed by atoms with E-state index in [4.69, 9.17) is 0 Å². The van der Waals surface area contributed by atoms with Gasteiger partial charge in [0.05, 0.1) is 22.6 Å². The number of benzene rings is 2. The maximum absolute atomic E-state index is 11.1. The summed E-state index contributed by atoms with van der Waals surface area (Å²) in [5, 5.41) is 20.8. The Labute approximate surface area is 161 Å². The monoisotopic (exact) mass is 367 g/mol. The smallest absolute Gasteiger partial charge is 0.149 e. The molecular weight excluding hydrogens is 352 g/mol. The maximum Gasteiger partial charge on any atom is 0.149 e. The minimum Gasteiger partial charge on any atom is -0.545 e. The van der Waals surface area contributed by atoms with Crippen molar-refractivity contribution >= 4 is 28.7 Å². The molecule has 0 amide bonds. The second-order valence-electron chi connectivity index (χ2n) is 6.42. The Bertz CT molecular complexity index is 1270. The highest BCUT2D eigenvalue weighted by Gasteiger charge is 2.10. The Morgan fingerprint density at radius 3 is 2.86 bits per heavy atom. The van der Waals surface area contributed by atoms with Crippen LogP contribution in [0.3, 0.4) is 0 Å². The SMILES string of the molecule is Cc1ccc2nc(/C(C#N)=C\c3cccn3-c3cccc(C(=O)[O-])c3)[nH]c2c1. The van der Waals surface area contributed by atoms with Crippen LogP contribution in [0.15, 0.2) is 60.8 Å². The number of H-pyrrole nitrogens is 1. The van der Waals surface area contributed by atoms with Gasteiger partial charge in [0.2, 0.25) is 0 Å². The zero-order valence-electron chi connectivity index (χ0n) is 15.0. The van der Waals surface area contributed by atoms with E-state index in [2.05, 4.69) is 16.0 Å². The average molecular weight is 367 g/mol. The van der Waals surface area contributed by atoms with Crippen molar-refractivity contribution in [3.05, 3.63) is 83.4 Å². The van der Waals surface area contributed by atoms with Crippen LogP contribution in [-0.2, 0) is 0 Å². The number of hydrogen-bond donors (Lipinski definition) is 1. The topological polar surface area (TPSA) is 97.5 Å². The van der Waals surface area contributed by atoms with E-state index in [1.807, 2.05) is 37.3 Å². The number of hydrogen-bond acceptors (Lipinski definition) is 4. The molecule has 0 aliphatic carbocycles. The van der Waals surface area contributed by atoms with Crippen molar-refractivity contribution in [3.63, 3.8) is 0 Å². The van der Waals surface area contributed by atoms with Gasteiger partial charge in [0.1, 0.15) is 11.9 Å². The second-order valence-corrected chi connectivity index (χ2v) is 6.42. The maximum atomic E-state index is 11.1. The molecule has 6 heteroatoms. The van der Waals surface area contributed by atoms with Crippen molar-refractivity contribution in [1.29, 1.82) is 5.26 Å². The number of rotatable bonds is 4. The number of aromatic carboxylic acids is 1. The van der Waals surface area contributed by atoms with E-state index in [0.717, 1.165) is 22.3 Å². The van der Waals surface area contributed by atoms with Crippen molar-refractivity contribution in [2.75, 3.05) is 0 Å². The van der Waals surface area contributed by atoms with Crippen molar-refractivity contribution in [3.8, 4) is 11.8 Å². The van der Waals surface area contributed by atoms with Gasteiger partial charge in [-0.05, 0) is 60.5 Å². The molecule has 4 rings (SSSR count). The number of allylic oxidation sites excluding steroid dienone is 1. The quantitative estimate of drug-likeness (QED) is 0.561. The van der Waals surface area contributed by atoms with Crippen LogP contribution in [0.25, 0.3) is 28.4 Å². The molecule has 0 atom stereocenters. The predicted molar refractivity (Wildman–Crippen MR) is 104 cm³/mol. The number of nitrogens with one attached hydrogen (secondary N) is 1. The molecule has 0 unspecified atom stereocenters. The van der Waals surface area contributed by atoms with Crippen LogP contribution in [0.1, 0.15) is 27.4 Å². The van der Waals surface area contributed by atoms with Crippen LogP contribution in [0, 0.1) is 18.3 Å². The molecular formula is C22H15N4O2-. The average Bonchev–Trinajstić information content (AvgIpc) is 3.32. The summed E-state index contributed by atoms with van der Waals surface area (Å²) >= 11 is 0. The number of carboxylic acid groups (broad SMARTS) is 1. The van der Waals surface area contributed by atoms with Gasteiger partial charge in [0.25, 0.3) is 0 Å². The summed E-state index contributed by atoms with van der Waals surface area (Å²) in [6, 6.07) is 18.2. The number of aryl methyl sites for hydroxylation is 1. The lowest BCUT2D eigenvalue weighted by atomic mass is 10.2. The highest BCUT2D eigenvalue weighted by Crippen LogP contribution is 2.22. The van der Waals surface area contributed by atoms with Crippen LogP contribution in [0.2, 0.25) is 0 Å². The summed E-state index contributed by atoms with van der Waals surface area (Å²) < 4.78 is 1.80. The molecule has 0 saturated carbocycles. The summed E-state index contributed by atoms with van der Waals surface area (Å²) in [7, 11) is 0. The zero-order chi connectivity index (χ0) is 19.7. The molecule has 6 nitrogen and oxygen atoms in total. The van der Waals surface area contributed by atoms with Gasteiger partial charge in [-0.3, -0.25) is 0 Å². The molecule has 0 radical (unpaired) electrons. The number of carbonyl (C=O) groups excluding carboxylic acids is 1. The molecule has 0 fully saturated rings. The number of aromatic nitrogens is 3. The molecule has 0 aliphatic heterocycles. The summed E-state index contributed by atoms with van der Waals surface area (Å²) in [6.45, 7) is 1.99. The standard InChI is InChI=1S/C22H16N4O2/c1-14-7-8-19-20(10-14)25-21(24-19)16(13-23)12-18-6-3-9-26(18)17-5-2-4-15(11-17)22(27)28/h2-12H,1H3,(H,24,25)(H,27,28)/p-1/b16-12-. The van der Waals surface area contributed by atoms with Gasteiger partial charge >= 0.3 is 0 Å². The highest BCUT2D eigenvalue weighted by molar-refractivity contribution is 5.90. The molecule has 0 spiro atoms. The molecule has 0 aliphatic rings. The van der Waals surface area contributed by atoms with Gasteiger partial charge in [-0.15, -0.1) is 0 Å². The Hall–Kier alpha value is -4.11. The fourth-order valence-corrected chi connectivity index (χ4v) is 3.08. The first-order chi connectivity index (χ1) is 13.5. The molecule has 136 valence electrons. The predicted octanol–water partition coefficient (Wildman–Crippen LogP) is 3.09. The van der Waals surface area contributed by atoms with E-state index < -0.39 is 5.97 Å². The second kappa shape index (κ2) is 6.89. The Balaban J connectivity index is 1.78. The van der Waals surface area contributed by atoms with Crippen LogP contribution in [0.4, 0.5) is 0 Å². The molecule has 2 aromatic heterocycles. The van der Waals surface area contributed by atoms with Gasteiger partial charge in [-0.1, -0.05) is 18.2 Å². The van der Waals surface area contributed by atoms with E-state index in [0.29, 0.717) is 17.1 Å². The number of carboxylic acids is 1. The van der Waals surface area contributed by atoms with Crippen molar-refractivity contribution < 1.29 is 9.90 Å². The number of fused-ring (bicyclic) bond motifs is 1. The lowest BCUT2D eigenvalue weighted by Crippen LogP contribution is -2.22. The van der Waals surface area contributed by atoms with Gasteiger partial charge in [-0.25, -0.2) is 4.98 Å². The zero-order valence-corrected chi connectivity index (χ0v) is 15.0. The molecule has 4 aromatic rings. The summed E-state index contributed by atoms with van der Waals surface area (Å²) in [4.78, 5) is 18.8. The number of carbonyl (C=O) groups is 1. The lowest BCUT2D eigenvalue weighted by molar-refractivity contribution is -0.255. The van der Waals surface area contributed by atoms with E-state index >= 15 is 0 Å². The molecule has 1 N–H and O–H groups in total. The van der Waals surface area contributed by atoms with E-state index in [9.17, 15) is 15.2 Å². The van der Waals surface area contributed by atoms with Crippen molar-refractivity contribution in [2.45, 2.75) is 6.92 Å². The molecule has 2 heterocycles. The minimum absolute atomic E-state index is 0.0919. The van der Waals surface area contributed by atoms with Crippen LogP contribution >= 0.6 is 0 Å². The Kier molecular flexibility index (Phi) is 4.26. The highest BCUT2D eigenvalue weighted by atomic mass is 16.4. The molecule has 2 aromatic carbocycles. The van der Waals surface area contributed by atoms with Gasteiger partial charge in [0, 0.05) is 17.6 Å². The summed E-state index contributed by atoms with van der Waals surface area (Å²) in [5.41, 5.74) is 4.62. The molecule has 0 saturated heterocycles. The van der Waals surface area contributed by atoms with Crippen LogP contribution in [0.5, 0.6) is 0 Å². The Morgan fingerprint density at radius 1 is 1.21 bits per heavy atom. The number of aromatic amines is 1. The molecule has 28 heavy (non-hydrogen) atoms. The van der Waals surface area contributed by atoms with Crippen LogP contribution < -0.4 is 5.11 Å². The molecule has 0 bridgehead atoms. The van der Waals surface area contributed by atoms with Gasteiger partial charge < -0.3 is 19.5 Å². The number of imidazole rings is 1. The van der Waals surface area contributed by atoms with E-state index in [-0.39, 0.29) is 5.56 Å². The first-order valence-corrected chi connectivity index (χ1v) is 8.63. The number of nitrogens with zero attached hydrogens (tertiary/aromatic N) is 3. The Morgan fingerprint density at radius 2 is 2.07 bits per heavy atom. The van der Waals surface area contributed by atoms with Crippen molar-refractivity contribution in [2.24, 2.45) is 0 Å². The minimum atomic E-state index is -1.23. The summed E-state index contributed by atoms with van der Waals surface area (Å²) in [5.74, 6) is -0.749. The fourth-order valence-electron chi connectivity index (χ4n) is 3.08. The van der Waals surface area contributed by atoms with Gasteiger partial charge in [0.15, 0.2) is 0 Å². The lowest BCUT2D eigenvalue weighted by Gasteiger charge is -2.09. The third-order valence-electron chi connectivity index (χ3n) is 4.45. The number of nitriles is 1. The van der Waals surface area contributed by atoms with Crippen molar-refractivity contribution in [1.82, 2.24) is 14.5 Å². The van der Waals surface area contributed by atoms with E-state index in [1.165, 1.54) is 12.1 Å².